The van der Waals surface area contributed by atoms with Crippen LogP contribution in [0, 0.1) is 47.3 Å². The van der Waals surface area contributed by atoms with E-state index < -0.39 is 0 Å². The Balaban J connectivity index is 1.18. The lowest BCUT2D eigenvalue weighted by molar-refractivity contribution is -0.0904. The van der Waals surface area contributed by atoms with Gasteiger partial charge in [0.2, 0.25) is 0 Å². The van der Waals surface area contributed by atoms with E-state index in [9.17, 15) is 0 Å². The summed E-state index contributed by atoms with van der Waals surface area (Å²) in [6, 6.07) is 0. The summed E-state index contributed by atoms with van der Waals surface area (Å²) >= 11 is 0. The van der Waals surface area contributed by atoms with Crippen LogP contribution >= 0.6 is 0 Å². The van der Waals surface area contributed by atoms with E-state index >= 15 is 0 Å². The zero-order chi connectivity index (χ0) is 13.6. The van der Waals surface area contributed by atoms with Crippen LogP contribution in [0.15, 0.2) is 0 Å². The van der Waals surface area contributed by atoms with Crippen molar-refractivity contribution in [2.75, 3.05) is 0 Å². The monoisotopic (exact) mass is 286 g/mol. The van der Waals surface area contributed by atoms with Gasteiger partial charge in [0, 0.05) is 0 Å². The maximum Gasteiger partial charge on any atom is 0.0612 e. The van der Waals surface area contributed by atoms with Gasteiger partial charge in [0.15, 0.2) is 0 Å². The Bertz CT molecular complexity index is 405. The number of hydrogen-bond acceptors (Lipinski definition) is 1. The fourth-order valence-electron chi connectivity index (χ4n) is 8.55. The molecule has 4 bridgehead atoms. The van der Waals surface area contributed by atoms with Gasteiger partial charge < -0.3 is 4.74 Å². The van der Waals surface area contributed by atoms with E-state index in [0.29, 0.717) is 12.2 Å². The molecule has 0 spiro atoms. The third kappa shape index (κ3) is 1.57. The maximum absolute atomic E-state index is 6.86. The van der Waals surface area contributed by atoms with E-state index in [2.05, 4.69) is 0 Å². The Labute approximate surface area is 129 Å². The molecule has 1 nitrogen and oxygen atoms in total. The van der Waals surface area contributed by atoms with Gasteiger partial charge in [-0.05, 0) is 98.7 Å². The molecule has 0 heterocycles. The normalized spacial score (nSPS) is 63.4. The zero-order valence-corrected chi connectivity index (χ0v) is 13.3. The molecule has 0 aromatic carbocycles. The molecule has 21 heavy (non-hydrogen) atoms. The minimum absolute atomic E-state index is 0.679. The molecule has 0 aromatic heterocycles. The number of fused-ring (bicyclic) bond motifs is 10. The fraction of sp³-hybridized carbons (Fsp3) is 1.00. The molecular weight excluding hydrogens is 256 g/mol. The van der Waals surface area contributed by atoms with E-state index in [1.54, 1.807) is 12.8 Å². The van der Waals surface area contributed by atoms with Crippen LogP contribution in [0.5, 0.6) is 0 Å². The maximum atomic E-state index is 6.86. The Morgan fingerprint density at radius 1 is 0.476 bits per heavy atom. The first-order valence-electron chi connectivity index (χ1n) is 10.0. The molecule has 0 amide bonds. The van der Waals surface area contributed by atoms with Gasteiger partial charge in [-0.25, -0.2) is 0 Å². The molecular formula is C20H30O. The number of hydrogen-bond donors (Lipinski definition) is 0. The number of ether oxygens (including phenoxy) is 1. The molecule has 0 radical (unpaired) electrons. The van der Waals surface area contributed by atoms with E-state index in [4.69, 9.17) is 4.74 Å². The minimum atomic E-state index is 0.679. The lowest BCUT2D eigenvalue weighted by Crippen LogP contribution is -2.38. The Morgan fingerprint density at radius 2 is 0.952 bits per heavy atom. The lowest BCUT2D eigenvalue weighted by atomic mass is 9.78. The predicted molar refractivity (Wildman–Crippen MR) is 82.8 cm³/mol. The molecule has 6 aliphatic rings. The van der Waals surface area contributed by atoms with Crippen molar-refractivity contribution < 1.29 is 4.74 Å². The lowest BCUT2D eigenvalue weighted by Gasteiger charge is -2.38. The van der Waals surface area contributed by atoms with Crippen LogP contribution in [-0.2, 0) is 4.74 Å². The molecule has 6 fully saturated rings. The summed E-state index contributed by atoms with van der Waals surface area (Å²) in [5.74, 6) is 8.46. The second-order valence-electron chi connectivity index (χ2n) is 9.52. The highest BCUT2D eigenvalue weighted by molar-refractivity contribution is 5.07. The smallest absolute Gasteiger partial charge is 0.0612 e. The summed E-state index contributed by atoms with van der Waals surface area (Å²) in [5, 5.41) is 0. The van der Waals surface area contributed by atoms with Crippen LogP contribution in [0.1, 0.15) is 64.2 Å². The highest BCUT2D eigenvalue weighted by atomic mass is 16.5. The van der Waals surface area contributed by atoms with E-state index in [1.807, 2.05) is 0 Å². The van der Waals surface area contributed by atoms with Crippen LogP contribution in [0.4, 0.5) is 0 Å². The van der Waals surface area contributed by atoms with Gasteiger partial charge in [-0.15, -0.1) is 0 Å². The number of rotatable bonds is 2. The molecule has 0 aromatic rings. The van der Waals surface area contributed by atoms with Crippen LogP contribution in [0.3, 0.4) is 0 Å². The molecule has 0 aliphatic heterocycles. The topological polar surface area (TPSA) is 9.23 Å². The predicted octanol–water partition coefficient (Wildman–Crippen LogP) is 4.65. The van der Waals surface area contributed by atoms with Gasteiger partial charge in [0.25, 0.3) is 0 Å². The first kappa shape index (κ1) is 12.4. The van der Waals surface area contributed by atoms with Gasteiger partial charge >= 0.3 is 0 Å². The van der Waals surface area contributed by atoms with E-state index in [0.717, 1.165) is 47.3 Å². The quantitative estimate of drug-likeness (QED) is 0.718. The van der Waals surface area contributed by atoms with Crippen molar-refractivity contribution in [1.29, 1.82) is 0 Å². The van der Waals surface area contributed by atoms with Gasteiger partial charge in [-0.2, -0.15) is 0 Å². The van der Waals surface area contributed by atoms with Gasteiger partial charge in [-0.1, -0.05) is 12.8 Å². The molecule has 0 saturated heterocycles. The third-order valence-electron chi connectivity index (χ3n) is 9.09. The highest BCUT2D eigenvalue weighted by Crippen LogP contribution is 2.62. The summed E-state index contributed by atoms with van der Waals surface area (Å²) in [7, 11) is 0. The van der Waals surface area contributed by atoms with Crippen LogP contribution in [0.25, 0.3) is 0 Å². The summed E-state index contributed by atoms with van der Waals surface area (Å²) in [6.07, 6.45) is 16.5. The van der Waals surface area contributed by atoms with Crippen molar-refractivity contribution in [3.8, 4) is 0 Å². The van der Waals surface area contributed by atoms with Crippen LogP contribution < -0.4 is 0 Å². The summed E-state index contributed by atoms with van der Waals surface area (Å²) < 4.78 is 6.86. The third-order valence-corrected chi connectivity index (χ3v) is 9.09. The van der Waals surface area contributed by atoms with Crippen molar-refractivity contribution in [3.05, 3.63) is 0 Å². The summed E-state index contributed by atoms with van der Waals surface area (Å²) in [6.45, 7) is 0. The first-order chi connectivity index (χ1) is 10.4. The van der Waals surface area contributed by atoms with Crippen molar-refractivity contribution in [1.82, 2.24) is 0 Å². The van der Waals surface area contributed by atoms with Crippen molar-refractivity contribution in [3.63, 3.8) is 0 Å². The average Bonchev–Trinajstić information content (AvgIpc) is 3.26. The van der Waals surface area contributed by atoms with Crippen molar-refractivity contribution >= 4 is 0 Å². The minimum Gasteiger partial charge on any atom is -0.374 e. The van der Waals surface area contributed by atoms with Gasteiger partial charge in [0.1, 0.15) is 0 Å². The molecule has 1 heteroatoms. The largest absolute Gasteiger partial charge is 0.374 e. The molecule has 10 unspecified atom stereocenters. The van der Waals surface area contributed by atoms with Gasteiger partial charge in [0.05, 0.1) is 12.2 Å². The average molecular weight is 286 g/mol. The first-order valence-corrected chi connectivity index (χ1v) is 10.0. The second-order valence-corrected chi connectivity index (χ2v) is 9.52. The Morgan fingerprint density at radius 3 is 1.48 bits per heavy atom. The highest BCUT2D eigenvalue weighted by Gasteiger charge is 2.58. The summed E-state index contributed by atoms with van der Waals surface area (Å²) in [5.41, 5.74) is 0. The standard InChI is InChI=1S/C20H30O/c1-3-13-11-7-17(15(13)5-1)19(9-11)21-20-10-12-8-18(20)16-6-2-4-14(12)16/h11-20H,1-10H2. The van der Waals surface area contributed by atoms with E-state index in [-0.39, 0.29) is 0 Å². The van der Waals surface area contributed by atoms with E-state index in [1.165, 1.54) is 51.4 Å². The SMILES string of the molecule is C1CC2C3CC(OC4CC5CC4C4CCCC54)C(C3)C2C1. The molecule has 6 rings (SSSR count). The van der Waals surface area contributed by atoms with Crippen LogP contribution in [0.2, 0.25) is 0 Å². The van der Waals surface area contributed by atoms with Crippen molar-refractivity contribution in [2.45, 2.75) is 76.4 Å². The molecule has 6 aliphatic carbocycles. The molecule has 10 atom stereocenters. The van der Waals surface area contributed by atoms with Crippen molar-refractivity contribution in [2.24, 2.45) is 47.3 Å². The Hall–Kier alpha value is -0.0400. The second kappa shape index (κ2) is 4.28. The van der Waals surface area contributed by atoms with Gasteiger partial charge in [-0.3, -0.25) is 0 Å². The summed E-state index contributed by atoms with van der Waals surface area (Å²) in [4.78, 5) is 0. The molecule has 116 valence electrons. The molecule has 6 saturated carbocycles. The zero-order valence-electron chi connectivity index (χ0n) is 13.3. The Kier molecular flexibility index (Phi) is 2.52. The van der Waals surface area contributed by atoms with Crippen LogP contribution in [-0.4, -0.2) is 12.2 Å². The molecule has 0 N–H and O–H groups in total. The fourth-order valence-corrected chi connectivity index (χ4v) is 8.55.